The Morgan fingerprint density at radius 3 is 2.48 bits per heavy atom. The Morgan fingerprint density at radius 1 is 0.966 bits per heavy atom. The number of ether oxygens (including phenoxy) is 1. The van der Waals surface area contributed by atoms with E-state index in [2.05, 4.69) is 37.0 Å². The van der Waals surface area contributed by atoms with Crippen molar-refractivity contribution in [3.8, 4) is 5.75 Å². The summed E-state index contributed by atoms with van der Waals surface area (Å²) in [7, 11) is 1.70. The molecule has 4 rings (SSSR count). The summed E-state index contributed by atoms with van der Waals surface area (Å²) in [5.74, 6) is 1.70. The zero-order valence-electron chi connectivity index (χ0n) is 16.9. The maximum absolute atomic E-state index is 5.34. The SMILES string of the molecule is COc1ccc(C2CN(c3ncccn3)CCN2CCCCn2cccn2)cc1. The van der Waals surface area contributed by atoms with Gasteiger partial charge >= 0.3 is 0 Å². The van der Waals surface area contributed by atoms with E-state index in [1.807, 2.05) is 53.7 Å². The van der Waals surface area contributed by atoms with Crippen LogP contribution in [0.15, 0.2) is 61.2 Å². The van der Waals surface area contributed by atoms with Gasteiger partial charge in [0.05, 0.1) is 13.2 Å². The molecule has 0 saturated carbocycles. The second-order valence-corrected chi connectivity index (χ2v) is 7.30. The summed E-state index contributed by atoms with van der Waals surface area (Å²) in [6.45, 7) is 4.86. The topological polar surface area (TPSA) is 59.3 Å². The molecule has 2 aromatic heterocycles. The van der Waals surface area contributed by atoms with E-state index in [1.54, 1.807) is 7.11 Å². The van der Waals surface area contributed by atoms with Crippen molar-refractivity contribution < 1.29 is 4.74 Å². The summed E-state index contributed by atoms with van der Waals surface area (Å²) < 4.78 is 7.34. The maximum Gasteiger partial charge on any atom is 0.225 e. The standard InChI is InChI=1S/C22H28N6O/c1-29-20-8-6-19(7-9-20)21-18-27(22-23-10-4-11-24-22)17-16-26(21)13-2-3-14-28-15-5-12-25-28/h4-12,15,21H,2-3,13-14,16-18H2,1H3. The highest BCUT2D eigenvalue weighted by Gasteiger charge is 2.29. The molecule has 3 aromatic rings. The van der Waals surface area contributed by atoms with Crippen LogP contribution >= 0.6 is 0 Å². The molecule has 1 fully saturated rings. The molecule has 1 unspecified atom stereocenters. The number of aryl methyl sites for hydroxylation is 1. The Balaban J connectivity index is 1.43. The quantitative estimate of drug-likeness (QED) is 0.549. The fraction of sp³-hybridized carbons (Fsp3) is 0.409. The molecule has 3 heterocycles. The number of aromatic nitrogens is 4. The van der Waals surface area contributed by atoms with Crippen molar-refractivity contribution in [3.05, 3.63) is 66.7 Å². The maximum atomic E-state index is 5.34. The van der Waals surface area contributed by atoms with Gasteiger partial charge in [0.25, 0.3) is 0 Å². The molecule has 0 spiro atoms. The Bertz CT molecular complexity index is 853. The van der Waals surface area contributed by atoms with Gasteiger partial charge in [-0.05, 0) is 49.2 Å². The fourth-order valence-electron chi connectivity index (χ4n) is 3.89. The molecular weight excluding hydrogens is 364 g/mol. The summed E-state index contributed by atoms with van der Waals surface area (Å²) in [5, 5.41) is 4.29. The van der Waals surface area contributed by atoms with Crippen LogP contribution < -0.4 is 9.64 Å². The van der Waals surface area contributed by atoms with Gasteiger partial charge in [-0.1, -0.05) is 12.1 Å². The summed E-state index contributed by atoms with van der Waals surface area (Å²) >= 11 is 0. The van der Waals surface area contributed by atoms with Gasteiger partial charge in [0.15, 0.2) is 0 Å². The van der Waals surface area contributed by atoms with Crippen molar-refractivity contribution in [2.24, 2.45) is 0 Å². The molecule has 0 bridgehead atoms. The number of anilines is 1. The van der Waals surface area contributed by atoms with Gasteiger partial charge in [0.2, 0.25) is 5.95 Å². The van der Waals surface area contributed by atoms with Gasteiger partial charge in [0, 0.05) is 51.0 Å². The lowest BCUT2D eigenvalue weighted by Crippen LogP contribution is -2.49. The predicted molar refractivity (Wildman–Crippen MR) is 113 cm³/mol. The number of benzene rings is 1. The second kappa shape index (κ2) is 9.52. The lowest BCUT2D eigenvalue weighted by molar-refractivity contribution is 0.172. The molecule has 7 nitrogen and oxygen atoms in total. The van der Waals surface area contributed by atoms with Crippen LogP contribution in [0.4, 0.5) is 5.95 Å². The minimum absolute atomic E-state index is 0.308. The van der Waals surface area contributed by atoms with Gasteiger partial charge in [-0.15, -0.1) is 0 Å². The smallest absolute Gasteiger partial charge is 0.225 e. The van der Waals surface area contributed by atoms with E-state index in [9.17, 15) is 0 Å². The molecule has 0 radical (unpaired) electrons. The first-order chi connectivity index (χ1) is 14.3. The average molecular weight is 393 g/mol. The van der Waals surface area contributed by atoms with Crippen molar-refractivity contribution in [1.82, 2.24) is 24.6 Å². The number of hydrogen-bond donors (Lipinski definition) is 0. The minimum atomic E-state index is 0.308. The van der Waals surface area contributed by atoms with Crippen molar-refractivity contribution in [1.29, 1.82) is 0 Å². The molecule has 152 valence electrons. The third kappa shape index (κ3) is 4.92. The van der Waals surface area contributed by atoms with Crippen LogP contribution in [0, 0.1) is 0 Å². The van der Waals surface area contributed by atoms with E-state index in [0.717, 1.165) is 57.3 Å². The molecule has 0 N–H and O–H groups in total. The van der Waals surface area contributed by atoms with Crippen molar-refractivity contribution >= 4 is 5.95 Å². The normalized spacial score (nSPS) is 17.4. The van der Waals surface area contributed by atoms with Crippen LogP contribution in [0.1, 0.15) is 24.4 Å². The summed E-state index contributed by atoms with van der Waals surface area (Å²) in [5.41, 5.74) is 1.30. The average Bonchev–Trinajstić information content (AvgIpc) is 3.31. The number of methoxy groups -OCH3 is 1. The Morgan fingerprint density at radius 2 is 1.76 bits per heavy atom. The van der Waals surface area contributed by atoms with Crippen LogP contribution in [0.3, 0.4) is 0 Å². The molecule has 1 atom stereocenters. The van der Waals surface area contributed by atoms with Crippen molar-refractivity contribution in [2.75, 3.05) is 38.2 Å². The van der Waals surface area contributed by atoms with E-state index >= 15 is 0 Å². The van der Waals surface area contributed by atoms with Gasteiger partial charge in [0.1, 0.15) is 5.75 Å². The van der Waals surface area contributed by atoms with Crippen molar-refractivity contribution in [3.63, 3.8) is 0 Å². The highest BCUT2D eigenvalue weighted by molar-refractivity contribution is 5.35. The monoisotopic (exact) mass is 392 g/mol. The third-order valence-corrected chi connectivity index (χ3v) is 5.47. The minimum Gasteiger partial charge on any atom is -0.497 e. The van der Waals surface area contributed by atoms with E-state index in [0.29, 0.717) is 6.04 Å². The molecule has 1 aliphatic heterocycles. The number of piperazine rings is 1. The molecule has 7 heteroatoms. The molecule has 29 heavy (non-hydrogen) atoms. The third-order valence-electron chi connectivity index (χ3n) is 5.47. The largest absolute Gasteiger partial charge is 0.497 e. The summed E-state index contributed by atoms with van der Waals surface area (Å²) in [4.78, 5) is 13.8. The Kier molecular flexibility index (Phi) is 6.36. The predicted octanol–water partition coefficient (Wildman–Crippen LogP) is 3.03. The Labute approximate surface area is 172 Å². The summed E-state index contributed by atoms with van der Waals surface area (Å²) in [6.07, 6.45) is 9.76. The Hall–Kier alpha value is -2.93. The number of nitrogens with zero attached hydrogens (tertiary/aromatic N) is 6. The first-order valence-electron chi connectivity index (χ1n) is 10.2. The van der Waals surface area contributed by atoms with E-state index < -0.39 is 0 Å². The zero-order chi connectivity index (χ0) is 19.9. The van der Waals surface area contributed by atoms with Crippen LogP contribution in [0.5, 0.6) is 5.75 Å². The molecular formula is C22H28N6O. The molecule has 0 amide bonds. The fourth-order valence-corrected chi connectivity index (χ4v) is 3.89. The zero-order valence-corrected chi connectivity index (χ0v) is 16.9. The molecule has 1 aromatic carbocycles. The highest BCUT2D eigenvalue weighted by atomic mass is 16.5. The van der Waals surface area contributed by atoms with Gasteiger partial charge in [-0.25, -0.2) is 9.97 Å². The lowest BCUT2D eigenvalue weighted by Gasteiger charge is -2.41. The van der Waals surface area contributed by atoms with Gasteiger partial charge in [-0.3, -0.25) is 9.58 Å². The van der Waals surface area contributed by atoms with Crippen LogP contribution in [-0.4, -0.2) is 57.9 Å². The number of hydrogen-bond acceptors (Lipinski definition) is 6. The van der Waals surface area contributed by atoms with E-state index in [1.165, 1.54) is 5.56 Å². The van der Waals surface area contributed by atoms with E-state index in [-0.39, 0.29) is 0 Å². The van der Waals surface area contributed by atoms with E-state index in [4.69, 9.17) is 4.74 Å². The number of rotatable bonds is 8. The molecule has 1 aliphatic rings. The first kappa shape index (κ1) is 19.4. The van der Waals surface area contributed by atoms with Gasteiger partial charge in [-0.2, -0.15) is 5.10 Å². The van der Waals surface area contributed by atoms with Gasteiger partial charge < -0.3 is 9.64 Å². The lowest BCUT2D eigenvalue weighted by atomic mass is 10.0. The van der Waals surface area contributed by atoms with Crippen LogP contribution in [0.25, 0.3) is 0 Å². The van der Waals surface area contributed by atoms with Crippen molar-refractivity contribution in [2.45, 2.75) is 25.4 Å². The van der Waals surface area contributed by atoms with Crippen LogP contribution in [0.2, 0.25) is 0 Å². The molecule has 0 aliphatic carbocycles. The number of unbranched alkanes of at least 4 members (excludes halogenated alkanes) is 1. The summed E-state index contributed by atoms with van der Waals surface area (Å²) in [6, 6.07) is 12.6. The second-order valence-electron chi connectivity index (χ2n) is 7.30. The first-order valence-corrected chi connectivity index (χ1v) is 10.2. The van der Waals surface area contributed by atoms with Crippen LogP contribution in [-0.2, 0) is 6.54 Å². The highest BCUT2D eigenvalue weighted by Crippen LogP contribution is 2.28. The molecule has 1 saturated heterocycles.